The first-order valence-electron chi connectivity index (χ1n) is 6.34. The van der Waals surface area contributed by atoms with E-state index in [1.165, 1.54) is 4.90 Å². The second-order valence-corrected chi connectivity index (χ2v) is 4.42. The summed E-state index contributed by atoms with van der Waals surface area (Å²) in [6.45, 7) is 3.24. The average molecular weight is 246 g/mol. The Labute approximate surface area is 107 Å². The fourth-order valence-electron chi connectivity index (χ4n) is 2.23. The molecule has 1 unspecified atom stereocenters. The molecule has 1 aromatic rings. The zero-order valence-electron chi connectivity index (χ0n) is 10.6. The fourth-order valence-corrected chi connectivity index (χ4v) is 2.23. The number of amides is 2. The highest BCUT2D eigenvalue weighted by Crippen LogP contribution is 2.19. The number of imide groups is 1. The predicted octanol–water partition coefficient (Wildman–Crippen LogP) is 1.49. The molecule has 18 heavy (non-hydrogen) atoms. The second kappa shape index (κ2) is 5.78. The summed E-state index contributed by atoms with van der Waals surface area (Å²) >= 11 is 0. The SMILES string of the molecule is CCNC(CN1C(=O)CCC1=O)c1ccccc1. The number of carbonyl (C=O) groups excluding carboxylic acids is 2. The molecule has 2 rings (SSSR count). The van der Waals surface area contributed by atoms with Gasteiger partial charge in [-0.05, 0) is 12.1 Å². The first kappa shape index (κ1) is 12.8. The van der Waals surface area contributed by atoms with Crippen LogP contribution in [-0.2, 0) is 9.59 Å². The number of likely N-dealkylation sites (tertiary alicyclic amines) is 1. The summed E-state index contributed by atoms with van der Waals surface area (Å²) < 4.78 is 0. The van der Waals surface area contributed by atoms with E-state index < -0.39 is 0 Å². The van der Waals surface area contributed by atoms with Gasteiger partial charge in [0.1, 0.15) is 0 Å². The molecule has 1 N–H and O–H groups in total. The molecule has 2 amide bonds. The van der Waals surface area contributed by atoms with E-state index in [1.807, 2.05) is 37.3 Å². The van der Waals surface area contributed by atoms with Gasteiger partial charge in [0, 0.05) is 19.4 Å². The molecule has 1 atom stereocenters. The van der Waals surface area contributed by atoms with E-state index in [4.69, 9.17) is 0 Å². The summed E-state index contributed by atoms with van der Waals surface area (Å²) in [7, 11) is 0. The number of hydrogen-bond donors (Lipinski definition) is 1. The van der Waals surface area contributed by atoms with Crippen molar-refractivity contribution in [3.05, 3.63) is 35.9 Å². The lowest BCUT2D eigenvalue weighted by Crippen LogP contribution is -2.38. The molecular weight excluding hydrogens is 228 g/mol. The summed E-state index contributed by atoms with van der Waals surface area (Å²) in [5.74, 6) is -0.113. The Kier molecular flexibility index (Phi) is 4.10. The van der Waals surface area contributed by atoms with Crippen molar-refractivity contribution >= 4 is 11.8 Å². The number of likely N-dealkylation sites (N-methyl/N-ethyl adjacent to an activating group) is 1. The highest BCUT2D eigenvalue weighted by Gasteiger charge is 2.30. The van der Waals surface area contributed by atoms with Crippen LogP contribution in [0.3, 0.4) is 0 Å². The maximum atomic E-state index is 11.6. The minimum atomic E-state index is -0.0566. The van der Waals surface area contributed by atoms with Crippen molar-refractivity contribution in [1.29, 1.82) is 0 Å². The van der Waals surface area contributed by atoms with Gasteiger partial charge in [-0.2, -0.15) is 0 Å². The Bertz CT molecular complexity index is 415. The van der Waals surface area contributed by atoms with Gasteiger partial charge in [0.15, 0.2) is 0 Å². The first-order valence-corrected chi connectivity index (χ1v) is 6.34. The van der Waals surface area contributed by atoms with E-state index in [0.29, 0.717) is 19.4 Å². The molecule has 1 aliphatic heterocycles. The molecule has 0 spiro atoms. The molecule has 1 aliphatic rings. The van der Waals surface area contributed by atoms with E-state index in [1.54, 1.807) is 0 Å². The van der Waals surface area contributed by atoms with Crippen LogP contribution < -0.4 is 5.32 Å². The van der Waals surface area contributed by atoms with Gasteiger partial charge in [0.25, 0.3) is 0 Å². The smallest absolute Gasteiger partial charge is 0.229 e. The van der Waals surface area contributed by atoms with Gasteiger partial charge in [0.05, 0.1) is 6.04 Å². The monoisotopic (exact) mass is 246 g/mol. The van der Waals surface area contributed by atoms with E-state index in [2.05, 4.69) is 5.32 Å². The number of hydrogen-bond acceptors (Lipinski definition) is 3. The van der Waals surface area contributed by atoms with Crippen LogP contribution in [0.15, 0.2) is 30.3 Å². The zero-order chi connectivity index (χ0) is 13.0. The van der Waals surface area contributed by atoms with Crippen LogP contribution in [0.1, 0.15) is 31.4 Å². The molecule has 1 heterocycles. The summed E-state index contributed by atoms with van der Waals surface area (Å²) in [6.07, 6.45) is 0.707. The maximum Gasteiger partial charge on any atom is 0.229 e. The van der Waals surface area contributed by atoms with Gasteiger partial charge in [-0.1, -0.05) is 37.3 Å². The van der Waals surface area contributed by atoms with E-state index in [9.17, 15) is 9.59 Å². The van der Waals surface area contributed by atoms with E-state index in [-0.39, 0.29) is 17.9 Å². The van der Waals surface area contributed by atoms with Gasteiger partial charge in [-0.3, -0.25) is 14.5 Å². The molecule has 1 fully saturated rings. The third-order valence-corrected chi connectivity index (χ3v) is 3.17. The summed E-state index contributed by atoms with van der Waals surface area (Å²) in [5, 5.41) is 3.32. The van der Waals surface area contributed by atoms with Crippen molar-refractivity contribution in [3.8, 4) is 0 Å². The Balaban J connectivity index is 2.11. The molecule has 1 aromatic carbocycles. The van der Waals surface area contributed by atoms with Crippen molar-refractivity contribution in [3.63, 3.8) is 0 Å². The second-order valence-electron chi connectivity index (χ2n) is 4.42. The van der Waals surface area contributed by atoms with Crippen LogP contribution in [0, 0.1) is 0 Å². The molecular formula is C14H18N2O2. The minimum absolute atomic E-state index is 0.0159. The van der Waals surface area contributed by atoms with Crippen LogP contribution in [0.4, 0.5) is 0 Å². The number of nitrogens with one attached hydrogen (secondary N) is 1. The quantitative estimate of drug-likeness (QED) is 0.801. The van der Waals surface area contributed by atoms with Gasteiger partial charge >= 0.3 is 0 Å². The van der Waals surface area contributed by atoms with Crippen LogP contribution in [0.25, 0.3) is 0 Å². The maximum absolute atomic E-state index is 11.6. The van der Waals surface area contributed by atoms with Gasteiger partial charge < -0.3 is 5.32 Å². The van der Waals surface area contributed by atoms with E-state index >= 15 is 0 Å². The average Bonchev–Trinajstić information content (AvgIpc) is 2.71. The Morgan fingerprint density at radius 3 is 2.33 bits per heavy atom. The normalized spacial score (nSPS) is 17.3. The lowest BCUT2D eigenvalue weighted by atomic mass is 10.1. The van der Waals surface area contributed by atoms with Gasteiger partial charge in [-0.25, -0.2) is 0 Å². The number of nitrogens with zero attached hydrogens (tertiary/aromatic N) is 1. The molecule has 0 bridgehead atoms. The van der Waals surface area contributed by atoms with Crippen molar-refractivity contribution in [2.75, 3.05) is 13.1 Å². The van der Waals surface area contributed by atoms with Crippen molar-refractivity contribution in [2.45, 2.75) is 25.8 Å². The fraction of sp³-hybridized carbons (Fsp3) is 0.429. The van der Waals surface area contributed by atoms with Crippen LogP contribution in [-0.4, -0.2) is 29.8 Å². The Hall–Kier alpha value is -1.68. The molecule has 4 nitrogen and oxygen atoms in total. The lowest BCUT2D eigenvalue weighted by Gasteiger charge is -2.23. The number of rotatable bonds is 5. The zero-order valence-corrected chi connectivity index (χ0v) is 10.6. The van der Waals surface area contributed by atoms with Crippen LogP contribution >= 0.6 is 0 Å². The van der Waals surface area contributed by atoms with Crippen molar-refractivity contribution in [2.24, 2.45) is 0 Å². The van der Waals surface area contributed by atoms with Crippen molar-refractivity contribution < 1.29 is 9.59 Å². The molecule has 96 valence electrons. The van der Waals surface area contributed by atoms with Crippen LogP contribution in [0.5, 0.6) is 0 Å². The van der Waals surface area contributed by atoms with Crippen molar-refractivity contribution in [1.82, 2.24) is 10.2 Å². The Morgan fingerprint density at radius 1 is 1.17 bits per heavy atom. The molecule has 0 saturated carbocycles. The lowest BCUT2D eigenvalue weighted by molar-refractivity contribution is -0.138. The standard InChI is InChI=1S/C14H18N2O2/c1-2-15-12(11-6-4-3-5-7-11)10-16-13(17)8-9-14(16)18/h3-7,12,15H,2,8-10H2,1H3. The molecule has 1 saturated heterocycles. The van der Waals surface area contributed by atoms with Gasteiger partial charge in [-0.15, -0.1) is 0 Å². The molecule has 4 heteroatoms. The van der Waals surface area contributed by atoms with E-state index in [0.717, 1.165) is 12.1 Å². The summed E-state index contributed by atoms with van der Waals surface area (Å²) in [4.78, 5) is 24.6. The van der Waals surface area contributed by atoms with Gasteiger partial charge in [0.2, 0.25) is 11.8 Å². The topological polar surface area (TPSA) is 49.4 Å². The highest BCUT2D eigenvalue weighted by atomic mass is 16.2. The third-order valence-electron chi connectivity index (χ3n) is 3.17. The summed E-state index contributed by atoms with van der Waals surface area (Å²) in [5.41, 5.74) is 1.10. The predicted molar refractivity (Wildman–Crippen MR) is 68.8 cm³/mol. The first-order chi connectivity index (χ1) is 8.72. The molecule has 0 aromatic heterocycles. The highest BCUT2D eigenvalue weighted by molar-refractivity contribution is 6.01. The third kappa shape index (κ3) is 2.76. The molecule has 0 radical (unpaired) electrons. The Morgan fingerprint density at radius 2 is 1.78 bits per heavy atom. The minimum Gasteiger partial charge on any atom is -0.309 e. The van der Waals surface area contributed by atoms with Crippen LogP contribution in [0.2, 0.25) is 0 Å². The molecule has 0 aliphatic carbocycles. The number of benzene rings is 1. The summed E-state index contributed by atoms with van der Waals surface area (Å²) in [6, 6.07) is 9.93. The largest absolute Gasteiger partial charge is 0.309 e. The number of carbonyl (C=O) groups is 2.